The fraction of sp³-hybridized carbons (Fsp3) is 0.421. The summed E-state index contributed by atoms with van der Waals surface area (Å²) in [5.41, 5.74) is -0.789. The summed E-state index contributed by atoms with van der Waals surface area (Å²) in [6.45, 7) is 5.43. The lowest BCUT2D eigenvalue weighted by Crippen LogP contribution is -2.50. The van der Waals surface area contributed by atoms with E-state index in [1.54, 1.807) is 6.08 Å². The molecule has 1 aliphatic heterocycles. The molecule has 0 aromatic heterocycles. The zero-order chi connectivity index (χ0) is 20.5. The molecule has 1 aromatic carbocycles. The van der Waals surface area contributed by atoms with Crippen LogP contribution < -0.4 is 10.6 Å². The summed E-state index contributed by atoms with van der Waals surface area (Å²) in [5, 5.41) is 16.5. The van der Waals surface area contributed by atoms with Crippen LogP contribution in [0.2, 0.25) is 0 Å². The molecule has 1 amide bonds. The monoisotopic (exact) mass is 387 g/mol. The Kier molecular flexibility index (Phi) is 5.28. The van der Waals surface area contributed by atoms with Crippen LogP contribution in [0, 0.1) is 16.0 Å². The summed E-state index contributed by atoms with van der Waals surface area (Å²) in [6.07, 6.45) is 1.97. The van der Waals surface area contributed by atoms with E-state index in [2.05, 4.69) is 17.2 Å². The number of nitrogens with zero attached hydrogens (tertiary/aromatic N) is 1. The molecule has 0 unspecified atom stereocenters. The molecule has 28 heavy (non-hydrogen) atoms. The van der Waals surface area contributed by atoms with E-state index in [0.717, 1.165) is 0 Å². The van der Waals surface area contributed by atoms with Gasteiger partial charge < -0.3 is 15.4 Å². The number of carbonyl (C=O) groups excluding carboxylic acids is 3. The molecule has 1 saturated heterocycles. The third kappa shape index (κ3) is 3.79. The number of Topliss-reactive ketones (excluding diaryl/α,β-unsaturated/α-hetero) is 1. The number of rotatable bonds is 7. The first kappa shape index (κ1) is 19.7. The molecule has 0 bridgehead atoms. The molecule has 1 saturated carbocycles. The second-order valence-electron chi connectivity index (χ2n) is 7.09. The average molecular weight is 387 g/mol. The maximum Gasteiger partial charge on any atom is 0.338 e. The Morgan fingerprint density at radius 3 is 2.57 bits per heavy atom. The maximum absolute atomic E-state index is 12.5. The molecule has 0 radical (unpaired) electrons. The molecular formula is C19H21N3O6. The van der Waals surface area contributed by atoms with Gasteiger partial charge in [0.25, 0.3) is 5.69 Å². The van der Waals surface area contributed by atoms with Crippen LogP contribution in [0.25, 0.3) is 0 Å². The number of hydrogen-bond acceptors (Lipinski definition) is 7. The van der Waals surface area contributed by atoms with E-state index in [0.29, 0.717) is 13.0 Å². The van der Waals surface area contributed by atoms with Crippen molar-refractivity contribution in [2.24, 2.45) is 5.92 Å². The topological polar surface area (TPSA) is 128 Å². The average Bonchev–Trinajstić information content (AvgIpc) is 3.19. The van der Waals surface area contributed by atoms with Crippen molar-refractivity contribution in [3.63, 3.8) is 0 Å². The number of carbonyl (C=O) groups is 3. The highest BCUT2D eigenvalue weighted by molar-refractivity contribution is 5.96. The molecule has 9 nitrogen and oxygen atoms in total. The zero-order valence-electron chi connectivity index (χ0n) is 15.3. The molecule has 3 rings (SSSR count). The summed E-state index contributed by atoms with van der Waals surface area (Å²) in [4.78, 5) is 46.7. The van der Waals surface area contributed by atoms with Gasteiger partial charge in [0.1, 0.15) is 11.6 Å². The second-order valence-corrected chi connectivity index (χ2v) is 7.09. The third-order valence-corrected chi connectivity index (χ3v) is 5.27. The summed E-state index contributed by atoms with van der Waals surface area (Å²) < 4.78 is 5.38. The summed E-state index contributed by atoms with van der Waals surface area (Å²) >= 11 is 0. The number of amides is 1. The van der Waals surface area contributed by atoms with Gasteiger partial charge in [-0.15, -0.1) is 6.58 Å². The first-order chi connectivity index (χ1) is 13.3. The lowest BCUT2D eigenvalue weighted by Gasteiger charge is -2.19. The highest BCUT2D eigenvalue weighted by Crippen LogP contribution is 2.45. The van der Waals surface area contributed by atoms with Gasteiger partial charge in [-0.25, -0.2) is 4.79 Å². The predicted octanol–water partition coefficient (Wildman–Crippen LogP) is 1.13. The number of nitro benzene ring substituents is 1. The van der Waals surface area contributed by atoms with Gasteiger partial charge in [0.15, 0.2) is 5.78 Å². The molecular weight excluding hydrogens is 366 g/mol. The van der Waals surface area contributed by atoms with Gasteiger partial charge in [-0.1, -0.05) is 6.08 Å². The fourth-order valence-corrected chi connectivity index (χ4v) is 3.45. The third-order valence-electron chi connectivity index (χ3n) is 5.27. The first-order valence-corrected chi connectivity index (χ1v) is 8.91. The van der Waals surface area contributed by atoms with Gasteiger partial charge in [-0.05, 0) is 25.5 Å². The Morgan fingerprint density at radius 2 is 2.04 bits per heavy atom. The summed E-state index contributed by atoms with van der Waals surface area (Å²) in [5.74, 6) is -1.10. The van der Waals surface area contributed by atoms with Crippen LogP contribution in [0.5, 0.6) is 0 Å². The number of hydrogen-bond donors (Lipinski definition) is 2. The first-order valence-electron chi connectivity index (χ1n) is 8.91. The molecule has 1 heterocycles. The smallest absolute Gasteiger partial charge is 0.338 e. The van der Waals surface area contributed by atoms with E-state index in [1.165, 1.54) is 31.2 Å². The molecule has 2 aliphatic rings. The highest BCUT2D eigenvalue weighted by Gasteiger charge is 2.58. The highest BCUT2D eigenvalue weighted by atomic mass is 16.6. The van der Waals surface area contributed by atoms with Crippen molar-refractivity contribution >= 4 is 23.3 Å². The number of nitrogens with one attached hydrogen (secondary N) is 2. The van der Waals surface area contributed by atoms with Crippen molar-refractivity contribution in [3.8, 4) is 0 Å². The van der Waals surface area contributed by atoms with Crippen molar-refractivity contribution in [3.05, 3.63) is 52.6 Å². The van der Waals surface area contributed by atoms with Gasteiger partial charge in [0, 0.05) is 31.0 Å². The molecule has 2 fully saturated rings. The fourth-order valence-electron chi connectivity index (χ4n) is 3.45. The molecule has 148 valence electrons. The molecule has 1 aliphatic carbocycles. The minimum absolute atomic E-state index is 0.0638. The van der Waals surface area contributed by atoms with E-state index < -0.39 is 28.6 Å². The minimum atomic E-state index is -0.867. The number of ether oxygens (including phenoxy) is 1. The van der Waals surface area contributed by atoms with Crippen LogP contribution >= 0.6 is 0 Å². The standard InChI is InChI=1S/C19H21N3O6/c1-3-13-9-19(13,11(2)23)21-17(24)16-8-15(10-20-16)28-18(25)12-4-6-14(7-5-12)22(26)27/h3-7,13,15-16,20H,1,8-10H2,2H3,(H,21,24)/t13-,15+,16+,19+/m1/s1. The van der Waals surface area contributed by atoms with Crippen LogP contribution in [0.4, 0.5) is 5.69 Å². The maximum atomic E-state index is 12.5. The van der Waals surface area contributed by atoms with Gasteiger partial charge >= 0.3 is 5.97 Å². The Morgan fingerprint density at radius 1 is 1.36 bits per heavy atom. The van der Waals surface area contributed by atoms with Crippen LogP contribution in [0.3, 0.4) is 0 Å². The van der Waals surface area contributed by atoms with Gasteiger partial charge in [0.05, 0.1) is 16.5 Å². The molecule has 0 spiro atoms. The van der Waals surface area contributed by atoms with Crippen LogP contribution in [0.1, 0.15) is 30.1 Å². The number of esters is 1. The van der Waals surface area contributed by atoms with Gasteiger partial charge in [0.2, 0.25) is 5.91 Å². The normalized spacial score (nSPS) is 28.2. The van der Waals surface area contributed by atoms with E-state index in [9.17, 15) is 24.5 Å². The van der Waals surface area contributed by atoms with E-state index in [1.807, 2.05) is 0 Å². The molecule has 2 N–H and O–H groups in total. The summed E-state index contributed by atoms with van der Waals surface area (Å²) in [6, 6.07) is 4.54. The van der Waals surface area contributed by atoms with E-state index >= 15 is 0 Å². The van der Waals surface area contributed by atoms with Crippen molar-refractivity contribution in [1.82, 2.24) is 10.6 Å². The number of ketones is 1. The van der Waals surface area contributed by atoms with Crippen LogP contribution in [-0.4, -0.2) is 46.8 Å². The Hall–Kier alpha value is -3.07. The summed E-state index contributed by atoms with van der Waals surface area (Å²) in [7, 11) is 0. The van der Waals surface area contributed by atoms with Crippen LogP contribution in [-0.2, 0) is 14.3 Å². The second kappa shape index (κ2) is 7.51. The molecule has 4 atom stereocenters. The predicted molar refractivity (Wildman–Crippen MR) is 98.6 cm³/mol. The van der Waals surface area contributed by atoms with Crippen molar-refractivity contribution in [2.75, 3.05) is 6.54 Å². The quantitative estimate of drug-likeness (QED) is 0.311. The van der Waals surface area contributed by atoms with Crippen molar-refractivity contribution in [1.29, 1.82) is 0 Å². The number of nitro groups is 1. The Balaban J connectivity index is 1.54. The van der Waals surface area contributed by atoms with Gasteiger partial charge in [-0.2, -0.15) is 0 Å². The lowest BCUT2D eigenvalue weighted by atomic mass is 10.1. The minimum Gasteiger partial charge on any atom is -0.457 e. The Labute approximate surface area is 161 Å². The van der Waals surface area contributed by atoms with E-state index in [-0.39, 0.29) is 35.3 Å². The largest absolute Gasteiger partial charge is 0.457 e. The lowest BCUT2D eigenvalue weighted by molar-refractivity contribution is -0.384. The Bertz CT molecular complexity index is 837. The number of benzene rings is 1. The van der Waals surface area contributed by atoms with Gasteiger partial charge in [-0.3, -0.25) is 19.7 Å². The van der Waals surface area contributed by atoms with E-state index in [4.69, 9.17) is 4.74 Å². The molecule has 9 heteroatoms. The number of non-ortho nitro benzene ring substituents is 1. The van der Waals surface area contributed by atoms with Crippen molar-refractivity contribution < 1.29 is 24.0 Å². The molecule has 1 aromatic rings. The van der Waals surface area contributed by atoms with Crippen LogP contribution in [0.15, 0.2) is 36.9 Å². The zero-order valence-corrected chi connectivity index (χ0v) is 15.3. The SMILES string of the molecule is C=C[C@@H]1C[C@]1(NC(=O)[C@@H]1C[C@H](OC(=O)c2ccc([N+](=O)[O-])cc2)CN1)C(C)=O. The van der Waals surface area contributed by atoms with Crippen molar-refractivity contribution in [2.45, 2.75) is 37.5 Å².